The van der Waals surface area contributed by atoms with Gasteiger partial charge in [-0.15, -0.1) is 0 Å². The predicted molar refractivity (Wildman–Crippen MR) is 217 cm³/mol. The molecule has 0 aliphatic rings. The molecule has 0 aliphatic carbocycles. The molecule has 0 spiro atoms. The van der Waals surface area contributed by atoms with Gasteiger partial charge in [0.2, 0.25) is 0 Å². The van der Waals surface area contributed by atoms with E-state index in [2.05, 4.69) is 0 Å². The maximum absolute atomic E-state index is 11.5. The molecule has 13 heteroatoms. The molecular weight excluding hydrogens is 772 g/mol. The largest absolute Gasteiger partial charge is 3.00 e. The van der Waals surface area contributed by atoms with Gasteiger partial charge < -0.3 is 13.7 Å². The van der Waals surface area contributed by atoms with Gasteiger partial charge in [-0.05, 0) is 87.5 Å². The van der Waals surface area contributed by atoms with Crippen LogP contribution >= 0.6 is 0 Å². The Morgan fingerprint density at radius 3 is 0.836 bits per heavy atom. The van der Waals surface area contributed by atoms with Crippen molar-refractivity contribution in [3.8, 4) is 0 Å². The van der Waals surface area contributed by atoms with Crippen LogP contribution in [0.1, 0.15) is 76.0 Å². The first-order valence-electron chi connectivity index (χ1n) is 18.0. The molecule has 0 N–H and O–H groups in total. The summed E-state index contributed by atoms with van der Waals surface area (Å²) in [5.41, 5.74) is 1.89. The Kier molecular flexibility index (Phi) is 17.1. The first kappa shape index (κ1) is 45.7. The second-order valence-corrected chi connectivity index (χ2v) is 16.9. The van der Waals surface area contributed by atoms with Gasteiger partial charge in [-0.25, -0.2) is 25.3 Å². The Labute approximate surface area is 336 Å². The van der Waals surface area contributed by atoms with Crippen LogP contribution in [0.25, 0.3) is 32.3 Å². The van der Waals surface area contributed by atoms with E-state index in [-0.39, 0.29) is 32.0 Å². The van der Waals surface area contributed by atoms with Gasteiger partial charge in [0.1, 0.15) is 30.4 Å². The van der Waals surface area contributed by atoms with Crippen molar-refractivity contribution in [3.63, 3.8) is 0 Å². The number of hydrogen-bond donors (Lipinski definition) is 0. The molecule has 288 valence electrons. The van der Waals surface area contributed by atoms with E-state index < -0.39 is 30.4 Å². The Hall–Kier alpha value is -3.64. The van der Waals surface area contributed by atoms with Crippen LogP contribution in [0.4, 0.5) is 0 Å². The third-order valence-electron chi connectivity index (χ3n) is 9.03. The van der Waals surface area contributed by atoms with Gasteiger partial charge in [0.15, 0.2) is 0 Å². The van der Waals surface area contributed by atoms with E-state index in [1.165, 1.54) is 0 Å². The van der Waals surface area contributed by atoms with Gasteiger partial charge in [-0.2, -0.15) is 0 Å². The summed E-state index contributed by atoms with van der Waals surface area (Å²) in [6.45, 7) is 6.10. The van der Waals surface area contributed by atoms with Crippen LogP contribution in [0.15, 0.2) is 124 Å². The van der Waals surface area contributed by atoms with Crippen LogP contribution in [0.2, 0.25) is 0 Å². The van der Waals surface area contributed by atoms with Crippen LogP contribution in [-0.4, -0.2) is 56.3 Å². The molecule has 0 unspecified atom stereocenters. The maximum Gasteiger partial charge on any atom is 3.00 e. The van der Waals surface area contributed by atoms with Crippen molar-refractivity contribution in [3.05, 3.63) is 126 Å². The monoisotopic (exact) mass is 816 g/mol. The van der Waals surface area contributed by atoms with E-state index in [1.807, 2.05) is 75.4 Å². The van der Waals surface area contributed by atoms with Crippen LogP contribution in [0.5, 0.6) is 0 Å². The summed E-state index contributed by atoms with van der Waals surface area (Å²) >= 11 is 0. The van der Waals surface area contributed by atoms with Gasteiger partial charge in [0, 0.05) is 0 Å². The molecule has 0 bridgehead atoms. The normalized spacial score (nSPS) is 11.7. The zero-order chi connectivity index (χ0) is 39.5. The minimum atomic E-state index is -4.44. The topological polar surface area (TPSA) is 172 Å². The van der Waals surface area contributed by atoms with Crippen molar-refractivity contribution in [2.24, 2.45) is 0 Å². The molecule has 6 rings (SSSR count). The summed E-state index contributed by atoms with van der Waals surface area (Å²) < 4.78 is 103. The second-order valence-electron chi connectivity index (χ2n) is 13.0. The average molecular weight is 817 g/mol. The third-order valence-corrected chi connectivity index (χ3v) is 12.0. The van der Waals surface area contributed by atoms with Crippen LogP contribution < -0.4 is 0 Å². The van der Waals surface area contributed by atoms with Crippen molar-refractivity contribution >= 4 is 80.0 Å². The standard InChI is InChI=1S/3C14H16O3S.Al/c3*1-2-3-6-12-10-9-11-7-4-5-8-13(11)14(12)18(15,16)17;/h3*4-5,7-10H,2-3,6H2,1H3,(H,15,16,17);/q;;;+3/p-3. The Bertz CT molecular complexity index is 2270. The fraction of sp³-hybridized carbons (Fsp3) is 0.286. The van der Waals surface area contributed by atoms with Crippen LogP contribution in [0, 0.1) is 0 Å². The molecule has 6 aromatic carbocycles. The Morgan fingerprint density at radius 1 is 0.382 bits per heavy atom. The number of fused-ring (bicyclic) bond motifs is 3. The SMILES string of the molecule is CCCCc1ccc2ccccc2c1S(=O)(=O)[O-].CCCCc1ccc2ccccc2c1S(=O)(=O)[O-].CCCCc1ccc2ccccc2c1S(=O)(=O)[O-].[Al+3]. The summed E-state index contributed by atoms with van der Waals surface area (Å²) in [5.74, 6) is 0. The fourth-order valence-corrected chi connectivity index (χ4v) is 9.28. The smallest absolute Gasteiger partial charge is 0.744 e. The van der Waals surface area contributed by atoms with Gasteiger partial charge >= 0.3 is 17.4 Å². The quantitative estimate of drug-likeness (QED) is 0.0864. The van der Waals surface area contributed by atoms with E-state index in [1.54, 1.807) is 54.6 Å². The minimum Gasteiger partial charge on any atom is -0.744 e. The molecule has 0 aromatic heterocycles. The molecule has 9 nitrogen and oxygen atoms in total. The molecule has 0 atom stereocenters. The molecule has 0 heterocycles. The summed E-state index contributed by atoms with van der Waals surface area (Å²) in [5, 5.41) is 3.94. The summed E-state index contributed by atoms with van der Waals surface area (Å²) in [7, 11) is -13.3. The Morgan fingerprint density at radius 2 is 0.618 bits per heavy atom. The van der Waals surface area contributed by atoms with E-state index in [4.69, 9.17) is 0 Å². The molecule has 0 saturated carbocycles. The van der Waals surface area contributed by atoms with Gasteiger partial charge in [0.05, 0.1) is 14.7 Å². The molecule has 0 saturated heterocycles. The number of rotatable bonds is 12. The molecular formula is C42H45AlO9S3. The molecule has 0 aliphatic heterocycles. The van der Waals surface area contributed by atoms with E-state index in [0.717, 1.165) is 54.7 Å². The van der Waals surface area contributed by atoms with Crippen LogP contribution in [0.3, 0.4) is 0 Å². The Balaban J connectivity index is 0.000000220. The van der Waals surface area contributed by atoms with Crippen LogP contribution in [-0.2, 0) is 49.6 Å². The first-order valence-corrected chi connectivity index (χ1v) is 22.2. The van der Waals surface area contributed by atoms with E-state index in [9.17, 15) is 38.9 Å². The zero-order valence-electron chi connectivity index (χ0n) is 31.2. The third kappa shape index (κ3) is 12.2. The van der Waals surface area contributed by atoms with Crippen molar-refractivity contribution in [1.82, 2.24) is 0 Å². The molecule has 55 heavy (non-hydrogen) atoms. The number of unbranched alkanes of at least 4 members (excludes halogenated alkanes) is 3. The zero-order valence-corrected chi connectivity index (χ0v) is 34.8. The number of benzene rings is 6. The van der Waals surface area contributed by atoms with E-state index in [0.29, 0.717) is 52.1 Å². The van der Waals surface area contributed by atoms with Gasteiger partial charge in [0.25, 0.3) is 0 Å². The summed E-state index contributed by atoms with van der Waals surface area (Å²) in [4.78, 5) is -0.142. The summed E-state index contributed by atoms with van der Waals surface area (Å²) in [6.07, 6.45) is 7.39. The summed E-state index contributed by atoms with van der Waals surface area (Å²) in [6, 6.07) is 32.1. The van der Waals surface area contributed by atoms with Gasteiger partial charge in [-0.3, -0.25) is 0 Å². The maximum atomic E-state index is 11.5. The van der Waals surface area contributed by atoms with Crippen molar-refractivity contribution in [2.45, 2.75) is 93.2 Å². The molecule has 6 aromatic rings. The first-order chi connectivity index (χ1) is 25.6. The molecule has 0 radical (unpaired) electrons. The predicted octanol–water partition coefficient (Wildman–Crippen LogP) is 8.88. The van der Waals surface area contributed by atoms with Crippen molar-refractivity contribution in [1.29, 1.82) is 0 Å². The second kappa shape index (κ2) is 20.5. The number of hydrogen-bond acceptors (Lipinski definition) is 9. The molecule has 0 fully saturated rings. The van der Waals surface area contributed by atoms with E-state index >= 15 is 0 Å². The molecule has 0 amide bonds. The fourth-order valence-electron chi connectivity index (χ4n) is 6.44. The average Bonchev–Trinajstić information content (AvgIpc) is 3.13. The minimum absolute atomic E-state index is 0. The van der Waals surface area contributed by atoms with Crippen molar-refractivity contribution in [2.75, 3.05) is 0 Å². The number of aryl methyl sites for hydroxylation is 3. The van der Waals surface area contributed by atoms with Gasteiger partial charge in [-0.1, -0.05) is 149 Å². The van der Waals surface area contributed by atoms with Crippen molar-refractivity contribution < 1.29 is 38.9 Å².